The van der Waals surface area contributed by atoms with E-state index in [1.165, 1.54) is 0 Å². The fourth-order valence-electron chi connectivity index (χ4n) is 3.16. The van der Waals surface area contributed by atoms with Crippen LogP contribution in [0.15, 0.2) is 0 Å². The number of hydrogen-bond acceptors (Lipinski definition) is 2. The summed E-state index contributed by atoms with van der Waals surface area (Å²) in [4.78, 5) is 0. The molecule has 0 amide bonds. The summed E-state index contributed by atoms with van der Waals surface area (Å²) in [6.07, 6.45) is 2.14. The molecular formula is C16H32O2. The van der Waals surface area contributed by atoms with Crippen LogP contribution in [0.4, 0.5) is 0 Å². The van der Waals surface area contributed by atoms with Crippen molar-refractivity contribution in [3.63, 3.8) is 0 Å². The van der Waals surface area contributed by atoms with Gasteiger partial charge in [0.05, 0.1) is 12.2 Å². The molecule has 1 fully saturated rings. The van der Waals surface area contributed by atoms with E-state index < -0.39 is 0 Å². The minimum absolute atomic E-state index is 0.0309. The Morgan fingerprint density at radius 3 is 2.11 bits per heavy atom. The average molecular weight is 256 g/mol. The van der Waals surface area contributed by atoms with Gasteiger partial charge in [0.1, 0.15) is 0 Å². The molecule has 2 nitrogen and oxygen atoms in total. The summed E-state index contributed by atoms with van der Waals surface area (Å²) in [5.74, 6) is 0.451. The lowest BCUT2D eigenvalue weighted by Crippen LogP contribution is -2.34. The second-order valence-corrected chi connectivity index (χ2v) is 8.73. The van der Waals surface area contributed by atoms with E-state index in [1.54, 1.807) is 0 Å². The molecule has 3 atom stereocenters. The fourth-order valence-corrected chi connectivity index (χ4v) is 3.16. The second kappa shape index (κ2) is 5.13. The molecule has 108 valence electrons. The summed E-state index contributed by atoms with van der Waals surface area (Å²) < 4.78 is 12.1. The van der Waals surface area contributed by atoms with Crippen molar-refractivity contribution in [3.8, 4) is 0 Å². The van der Waals surface area contributed by atoms with Gasteiger partial charge in [0.25, 0.3) is 0 Å². The molecule has 3 unspecified atom stereocenters. The van der Waals surface area contributed by atoms with E-state index in [1.807, 2.05) is 0 Å². The van der Waals surface area contributed by atoms with Crippen LogP contribution in [-0.2, 0) is 9.47 Å². The Labute approximate surface area is 113 Å². The Morgan fingerprint density at radius 2 is 1.67 bits per heavy atom. The van der Waals surface area contributed by atoms with Gasteiger partial charge in [0.15, 0.2) is 6.29 Å². The number of ether oxygens (including phenoxy) is 2. The zero-order chi connectivity index (χ0) is 14.2. The molecular weight excluding hydrogens is 224 g/mol. The van der Waals surface area contributed by atoms with Crippen molar-refractivity contribution in [2.45, 2.75) is 80.1 Å². The van der Waals surface area contributed by atoms with Crippen molar-refractivity contribution < 1.29 is 9.47 Å². The zero-order valence-electron chi connectivity index (χ0n) is 13.6. The summed E-state index contributed by atoms with van der Waals surface area (Å²) in [5, 5.41) is 0. The first-order valence-corrected chi connectivity index (χ1v) is 7.20. The van der Waals surface area contributed by atoms with Crippen LogP contribution >= 0.6 is 0 Å². The van der Waals surface area contributed by atoms with Crippen LogP contribution in [0.25, 0.3) is 0 Å². The first kappa shape index (κ1) is 16.0. The standard InChI is InChI=1S/C16H32O2/c1-12(9-14(2,3)4)13-17-11-16(8,18-13)10-15(5,6)7/h12-13H,9-11H2,1-8H3. The molecule has 0 N–H and O–H groups in total. The van der Waals surface area contributed by atoms with E-state index in [0.717, 1.165) is 19.4 Å². The SMILES string of the molecule is CC(CC(C)(C)C)C1OCC(C)(CC(C)(C)C)O1. The minimum atomic E-state index is -0.116. The van der Waals surface area contributed by atoms with Crippen molar-refractivity contribution in [1.82, 2.24) is 0 Å². The molecule has 0 aromatic carbocycles. The predicted molar refractivity (Wildman–Crippen MR) is 76.5 cm³/mol. The Kier molecular flexibility index (Phi) is 4.55. The Hall–Kier alpha value is -0.0800. The van der Waals surface area contributed by atoms with Crippen molar-refractivity contribution in [3.05, 3.63) is 0 Å². The molecule has 0 bridgehead atoms. The fraction of sp³-hybridized carbons (Fsp3) is 1.00. The molecule has 1 rings (SSSR count). The van der Waals surface area contributed by atoms with Gasteiger partial charge in [-0.3, -0.25) is 0 Å². The smallest absolute Gasteiger partial charge is 0.161 e. The maximum Gasteiger partial charge on any atom is 0.161 e. The maximum atomic E-state index is 6.21. The van der Waals surface area contributed by atoms with Crippen LogP contribution in [0.3, 0.4) is 0 Å². The summed E-state index contributed by atoms with van der Waals surface area (Å²) in [6, 6.07) is 0. The molecule has 1 heterocycles. The molecule has 1 aliphatic rings. The predicted octanol–water partition coefficient (Wildman–Crippen LogP) is 4.63. The summed E-state index contributed by atoms with van der Waals surface area (Å²) >= 11 is 0. The molecule has 18 heavy (non-hydrogen) atoms. The monoisotopic (exact) mass is 256 g/mol. The van der Waals surface area contributed by atoms with Gasteiger partial charge >= 0.3 is 0 Å². The van der Waals surface area contributed by atoms with Crippen LogP contribution in [0.1, 0.15) is 68.2 Å². The lowest BCUT2D eigenvalue weighted by atomic mass is 9.83. The van der Waals surface area contributed by atoms with Gasteiger partial charge in [-0.1, -0.05) is 48.5 Å². The quantitative estimate of drug-likeness (QED) is 0.733. The van der Waals surface area contributed by atoms with Gasteiger partial charge in [0, 0.05) is 5.92 Å². The third-order valence-corrected chi connectivity index (χ3v) is 3.26. The molecule has 1 saturated heterocycles. The zero-order valence-corrected chi connectivity index (χ0v) is 13.6. The molecule has 2 heteroatoms. The summed E-state index contributed by atoms with van der Waals surface area (Å²) in [7, 11) is 0. The number of rotatable bonds is 3. The molecule has 0 aromatic heterocycles. The highest BCUT2D eigenvalue weighted by Crippen LogP contribution is 2.38. The third-order valence-electron chi connectivity index (χ3n) is 3.26. The average Bonchev–Trinajstić information content (AvgIpc) is 2.40. The largest absolute Gasteiger partial charge is 0.349 e. The molecule has 1 aliphatic heterocycles. The van der Waals surface area contributed by atoms with Crippen LogP contribution in [0, 0.1) is 16.7 Å². The van der Waals surface area contributed by atoms with Crippen molar-refractivity contribution >= 4 is 0 Å². The summed E-state index contributed by atoms with van der Waals surface area (Å²) in [5.41, 5.74) is 0.491. The van der Waals surface area contributed by atoms with Crippen LogP contribution in [0.5, 0.6) is 0 Å². The third kappa shape index (κ3) is 5.27. The van der Waals surface area contributed by atoms with Crippen LogP contribution in [0.2, 0.25) is 0 Å². The minimum Gasteiger partial charge on any atom is -0.349 e. The topological polar surface area (TPSA) is 18.5 Å². The van der Waals surface area contributed by atoms with E-state index in [0.29, 0.717) is 11.3 Å². The van der Waals surface area contributed by atoms with E-state index in [9.17, 15) is 0 Å². The van der Waals surface area contributed by atoms with Gasteiger partial charge in [0.2, 0.25) is 0 Å². The highest BCUT2D eigenvalue weighted by molar-refractivity contribution is 4.86. The summed E-state index contributed by atoms with van der Waals surface area (Å²) in [6.45, 7) is 18.7. The highest BCUT2D eigenvalue weighted by Gasteiger charge is 2.42. The molecule has 0 aliphatic carbocycles. The highest BCUT2D eigenvalue weighted by atomic mass is 16.7. The first-order chi connectivity index (χ1) is 7.90. The van der Waals surface area contributed by atoms with Crippen molar-refractivity contribution in [1.29, 1.82) is 0 Å². The lowest BCUT2D eigenvalue weighted by Gasteiger charge is -2.32. The Morgan fingerprint density at radius 1 is 1.11 bits per heavy atom. The second-order valence-electron chi connectivity index (χ2n) is 8.73. The maximum absolute atomic E-state index is 6.21. The van der Waals surface area contributed by atoms with E-state index in [-0.39, 0.29) is 17.3 Å². The van der Waals surface area contributed by atoms with E-state index in [2.05, 4.69) is 55.4 Å². The lowest BCUT2D eigenvalue weighted by molar-refractivity contribution is -0.126. The first-order valence-electron chi connectivity index (χ1n) is 7.20. The van der Waals surface area contributed by atoms with E-state index >= 15 is 0 Å². The van der Waals surface area contributed by atoms with Gasteiger partial charge < -0.3 is 9.47 Å². The number of hydrogen-bond donors (Lipinski definition) is 0. The Balaban J connectivity index is 2.55. The molecule has 0 radical (unpaired) electrons. The van der Waals surface area contributed by atoms with Crippen LogP contribution < -0.4 is 0 Å². The molecule has 0 spiro atoms. The van der Waals surface area contributed by atoms with Crippen molar-refractivity contribution in [2.75, 3.05) is 6.61 Å². The molecule has 0 aromatic rings. The Bertz CT molecular complexity index is 272. The van der Waals surface area contributed by atoms with E-state index in [4.69, 9.17) is 9.47 Å². The normalized spacial score (nSPS) is 31.7. The van der Waals surface area contributed by atoms with Crippen LogP contribution in [-0.4, -0.2) is 18.5 Å². The van der Waals surface area contributed by atoms with Gasteiger partial charge in [-0.2, -0.15) is 0 Å². The van der Waals surface area contributed by atoms with Gasteiger partial charge in [-0.05, 0) is 30.6 Å². The van der Waals surface area contributed by atoms with Gasteiger partial charge in [-0.15, -0.1) is 0 Å². The van der Waals surface area contributed by atoms with Gasteiger partial charge in [-0.25, -0.2) is 0 Å². The van der Waals surface area contributed by atoms with Crippen molar-refractivity contribution in [2.24, 2.45) is 16.7 Å². The molecule has 0 saturated carbocycles.